The molecule has 5 rings (SSSR count). The van der Waals surface area contributed by atoms with Gasteiger partial charge in [0.05, 0.1) is 0 Å². The van der Waals surface area contributed by atoms with Crippen molar-refractivity contribution in [2.45, 2.75) is 19.4 Å². The molecule has 6 nitrogen and oxygen atoms in total. The number of furan rings is 1. The topological polar surface area (TPSA) is 71.8 Å². The summed E-state index contributed by atoms with van der Waals surface area (Å²) in [6, 6.07) is 24.3. The second-order valence-corrected chi connectivity index (χ2v) is 7.66. The lowest BCUT2D eigenvalue weighted by Gasteiger charge is -2.16. The summed E-state index contributed by atoms with van der Waals surface area (Å²) in [6.07, 6.45) is 1.45. The minimum atomic E-state index is -0.349. The Morgan fingerprint density at radius 1 is 0.969 bits per heavy atom. The number of hydrogen-bond acceptors (Lipinski definition) is 4. The molecule has 1 N–H and O–H groups in total. The van der Waals surface area contributed by atoms with Crippen LogP contribution in [0.2, 0.25) is 0 Å². The van der Waals surface area contributed by atoms with Crippen LogP contribution in [0.4, 0.5) is 11.4 Å². The molecule has 1 aliphatic heterocycles. The van der Waals surface area contributed by atoms with Crippen molar-refractivity contribution < 1.29 is 18.7 Å². The highest BCUT2D eigenvalue weighted by atomic mass is 16.5. The van der Waals surface area contributed by atoms with Gasteiger partial charge in [-0.25, -0.2) is 0 Å². The van der Waals surface area contributed by atoms with Crippen LogP contribution in [0, 0.1) is 0 Å². The Labute approximate surface area is 185 Å². The van der Waals surface area contributed by atoms with Crippen LogP contribution in [-0.4, -0.2) is 18.4 Å². The molecule has 0 saturated carbocycles. The lowest BCUT2D eigenvalue weighted by atomic mass is 10.1. The van der Waals surface area contributed by atoms with E-state index >= 15 is 0 Å². The van der Waals surface area contributed by atoms with Crippen molar-refractivity contribution in [1.29, 1.82) is 0 Å². The molecule has 1 aliphatic rings. The standard InChI is InChI=1S/C26H22N2O4/c29-24-11-6-16-28(24)19-14-12-18(13-15-19)27-26(30)25-22(17-31-20-7-2-1-3-8-20)21-9-4-5-10-23(21)32-25/h1-5,7-10,12-15H,6,11,16-17H2,(H,27,30). The highest BCUT2D eigenvalue weighted by Crippen LogP contribution is 2.29. The van der Waals surface area contributed by atoms with Crippen molar-refractivity contribution in [1.82, 2.24) is 0 Å². The van der Waals surface area contributed by atoms with Crippen LogP contribution in [0.5, 0.6) is 5.75 Å². The second-order valence-electron chi connectivity index (χ2n) is 7.66. The van der Waals surface area contributed by atoms with Crippen LogP contribution in [0.3, 0.4) is 0 Å². The van der Waals surface area contributed by atoms with E-state index in [0.717, 1.165) is 29.8 Å². The Morgan fingerprint density at radius 2 is 1.72 bits per heavy atom. The fourth-order valence-electron chi connectivity index (χ4n) is 3.93. The van der Waals surface area contributed by atoms with Crippen LogP contribution in [0.25, 0.3) is 11.0 Å². The molecule has 1 saturated heterocycles. The molecule has 3 aromatic carbocycles. The number of amides is 2. The number of benzene rings is 3. The maximum atomic E-state index is 13.1. The SMILES string of the molecule is O=C(Nc1ccc(N2CCCC2=O)cc1)c1oc2ccccc2c1COc1ccccc1. The van der Waals surface area contributed by atoms with Gasteiger partial charge in [0, 0.05) is 35.3 Å². The molecule has 0 atom stereocenters. The first-order chi connectivity index (χ1) is 15.7. The smallest absolute Gasteiger partial charge is 0.291 e. The summed E-state index contributed by atoms with van der Waals surface area (Å²) < 4.78 is 11.8. The van der Waals surface area contributed by atoms with E-state index in [1.54, 1.807) is 17.0 Å². The molecule has 0 spiro atoms. The number of anilines is 2. The van der Waals surface area contributed by atoms with Crippen molar-refractivity contribution in [3.05, 3.63) is 90.2 Å². The maximum absolute atomic E-state index is 13.1. The zero-order chi connectivity index (χ0) is 21.9. The predicted molar refractivity (Wildman–Crippen MR) is 123 cm³/mol. The summed E-state index contributed by atoms with van der Waals surface area (Å²) >= 11 is 0. The number of fused-ring (bicyclic) bond motifs is 1. The predicted octanol–water partition coefficient (Wildman–Crippen LogP) is 5.39. The highest BCUT2D eigenvalue weighted by molar-refractivity contribution is 6.06. The summed E-state index contributed by atoms with van der Waals surface area (Å²) in [5.74, 6) is 0.724. The average Bonchev–Trinajstić information content (AvgIpc) is 3.42. The van der Waals surface area contributed by atoms with E-state index in [4.69, 9.17) is 9.15 Å². The Hall–Kier alpha value is -4.06. The van der Waals surface area contributed by atoms with Crippen LogP contribution in [0.1, 0.15) is 29.0 Å². The highest BCUT2D eigenvalue weighted by Gasteiger charge is 2.23. The van der Waals surface area contributed by atoms with Crippen molar-refractivity contribution in [2.24, 2.45) is 0 Å². The van der Waals surface area contributed by atoms with Crippen molar-refractivity contribution in [3.63, 3.8) is 0 Å². The van der Waals surface area contributed by atoms with Crippen molar-refractivity contribution in [2.75, 3.05) is 16.8 Å². The van der Waals surface area contributed by atoms with Crippen molar-refractivity contribution in [3.8, 4) is 5.75 Å². The van der Waals surface area contributed by atoms with Crippen LogP contribution < -0.4 is 15.0 Å². The largest absolute Gasteiger partial charge is 0.489 e. The minimum Gasteiger partial charge on any atom is -0.489 e. The molecule has 160 valence electrons. The Kier molecular flexibility index (Phi) is 5.34. The van der Waals surface area contributed by atoms with E-state index in [2.05, 4.69) is 5.32 Å². The van der Waals surface area contributed by atoms with Crippen LogP contribution >= 0.6 is 0 Å². The molecule has 0 bridgehead atoms. The number of para-hydroxylation sites is 2. The first-order valence-corrected chi connectivity index (χ1v) is 10.6. The molecule has 4 aromatic rings. The Bertz CT molecular complexity index is 1260. The van der Waals surface area contributed by atoms with Crippen LogP contribution in [-0.2, 0) is 11.4 Å². The monoisotopic (exact) mass is 426 g/mol. The van der Waals surface area contributed by atoms with Gasteiger partial charge in [0.25, 0.3) is 5.91 Å². The molecule has 1 fully saturated rings. The molecule has 32 heavy (non-hydrogen) atoms. The van der Waals surface area contributed by atoms with E-state index < -0.39 is 0 Å². The minimum absolute atomic E-state index is 0.132. The molecule has 1 aromatic heterocycles. The van der Waals surface area contributed by atoms with Gasteiger partial charge in [0.15, 0.2) is 5.76 Å². The zero-order valence-electron chi connectivity index (χ0n) is 17.4. The number of ether oxygens (including phenoxy) is 1. The average molecular weight is 426 g/mol. The second kappa shape index (κ2) is 8.59. The van der Waals surface area contributed by atoms with Crippen LogP contribution in [0.15, 0.2) is 83.3 Å². The molecular formula is C26H22N2O4. The lowest BCUT2D eigenvalue weighted by Crippen LogP contribution is -2.23. The van der Waals surface area contributed by atoms with E-state index in [9.17, 15) is 9.59 Å². The molecule has 0 aliphatic carbocycles. The van der Waals surface area contributed by atoms with Gasteiger partial charge in [-0.2, -0.15) is 0 Å². The van der Waals surface area contributed by atoms with Gasteiger partial charge in [-0.3, -0.25) is 9.59 Å². The third-order valence-electron chi connectivity index (χ3n) is 5.54. The number of hydrogen-bond donors (Lipinski definition) is 1. The summed E-state index contributed by atoms with van der Waals surface area (Å²) in [6.45, 7) is 0.939. The third kappa shape index (κ3) is 3.95. The van der Waals surface area contributed by atoms with Gasteiger partial charge in [-0.15, -0.1) is 0 Å². The molecule has 0 unspecified atom stereocenters. The first kappa shape index (κ1) is 19.9. The fraction of sp³-hybridized carbons (Fsp3) is 0.154. The normalized spacial score (nSPS) is 13.5. The summed E-state index contributed by atoms with van der Waals surface area (Å²) in [7, 11) is 0. The van der Waals surface area contributed by atoms with E-state index in [0.29, 0.717) is 23.3 Å². The maximum Gasteiger partial charge on any atom is 0.291 e. The summed E-state index contributed by atoms with van der Waals surface area (Å²) in [4.78, 5) is 26.8. The van der Waals surface area contributed by atoms with E-state index in [-0.39, 0.29) is 24.2 Å². The number of carbonyl (C=O) groups is 2. The number of carbonyl (C=O) groups excluding carboxylic acids is 2. The van der Waals surface area contributed by atoms with E-state index in [1.165, 1.54) is 0 Å². The molecule has 6 heteroatoms. The number of nitrogens with one attached hydrogen (secondary N) is 1. The van der Waals surface area contributed by atoms with E-state index in [1.807, 2.05) is 66.7 Å². The Balaban J connectivity index is 1.37. The fourth-order valence-corrected chi connectivity index (χ4v) is 3.93. The first-order valence-electron chi connectivity index (χ1n) is 10.6. The summed E-state index contributed by atoms with van der Waals surface area (Å²) in [5.41, 5.74) is 2.79. The third-order valence-corrected chi connectivity index (χ3v) is 5.54. The van der Waals surface area contributed by atoms with Gasteiger partial charge < -0.3 is 19.4 Å². The van der Waals surface area contributed by atoms with Gasteiger partial charge in [0.1, 0.15) is 17.9 Å². The molecular weight excluding hydrogens is 404 g/mol. The van der Waals surface area contributed by atoms with Gasteiger partial charge in [-0.1, -0.05) is 36.4 Å². The number of rotatable bonds is 6. The van der Waals surface area contributed by atoms with Gasteiger partial charge in [0.2, 0.25) is 5.91 Å². The van der Waals surface area contributed by atoms with Gasteiger partial charge >= 0.3 is 0 Å². The number of nitrogens with zero attached hydrogens (tertiary/aromatic N) is 1. The summed E-state index contributed by atoms with van der Waals surface area (Å²) in [5, 5.41) is 3.74. The van der Waals surface area contributed by atoms with Crippen molar-refractivity contribution >= 4 is 34.2 Å². The quantitative estimate of drug-likeness (QED) is 0.449. The Morgan fingerprint density at radius 3 is 2.47 bits per heavy atom. The molecule has 2 amide bonds. The molecule has 0 radical (unpaired) electrons. The zero-order valence-corrected chi connectivity index (χ0v) is 17.4. The van der Waals surface area contributed by atoms with Gasteiger partial charge in [-0.05, 0) is 48.9 Å². The molecule has 2 heterocycles. The lowest BCUT2D eigenvalue weighted by molar-refractivity contribution is -0.117.